The Bertz CT molecular complexity index is 870. The van der Waals surface area contributed by atoms with Crippen molar-refractivity contribution in [3.8, 4) is 11.4 Å². The molecule has 0 unspecified atom stereocenters. The van der Waals surface area contributed by atoms with Gasteiger partial charge < -0.3 is 4.74 Å². The Balaban J connectivity index is 1.98. The van der Waals surface area contributed by atoms with E-state index in [0.717, 1.165) is 35.5 Å². The molecule has 142 valence electrons. The van der Waals surface area contributed by atoms with Gasteiger partial charge in [0.25, 0.3) is 0 Å². The molecule has 7 heteroatoms. The number of hydrogen-bond acceptors (Lipinski definition) is 4. The molecule has 0 aliphatic heterocycles. The summed E-state index contributed by atoms with van der Waals surface area (Å²) in [6, 6.07) is 7.49. The number of methoxy groups -OCH3 is 1. The number of nitrogens with zero attached hydrogens (tertiary/aromatic N) is 2. The van der Waals surface area contributed by atoms with Crippen LogP contribution in [-0.2, 0) is 16.4 Å². The number of sulfonamides is 1. The Morgan fingerprint density at radius 2 is 2.00 bits per heavy atom. The van der Waals surface area contributed by atoms with Crippen LogP contribution < -0.4 is 9.46 Å². The minimum Gasteiger partial charge on any atom is -0.497 e. The molecule has 1 atom stereocenters. The Hall–Kier alpha value is -1.86. The zero-order valence-electron chi connectivity index (χ0n) is 15.8. The summed E-state index contributed by atoms with van der Waals surface area (Å²) in [6.45, 7) is 6.21. The zero-order chi connectivity index (χ0) is 18.9. The highest BCUT2D eigenvalue weighted by Gasteiger charge is 2.36. The highest BCUT2D eigenvalue weighted by Crippen LogP contribution is 2.41. The molecule has 1 aromatic heterocycles. The molecule has 3 rings (SSSR count). The molecule has 0 radical (unpaired) electrons. The third kappa shape index (κ3) is 3.94. The Morgan fingerprint density at radius 3 is 2.62 bits per heavy atom. The fourth-order valence-corrected chi connectivity index (χ4v) is 4.94. The van der Waals surface area contributed by atoms with E-state index in [-0.39, 0.29) is 17.2 Å². The van der Waals surface area contributed by atoms with Crippen molar-refractivity contribution >= 4 is 10.0 Å². The third-order valence-electron chi connectivity index (χ3n) is 4.79. The quantitative estimate of drug-likeness (QED) is 0.839. The van der Waals surface area contributed by atoms with Crippen molar-refractivity contribution in [1.82, 2.24) is 14.5 Å². The number of benzene rings is 1. The van der Waals surface area contributed by atoms with Gasteiger partial charge >= 0.3 is 0 Å². The standard InChI is InChI=1S/C19H27N3O3S/c1-5-10-26(23,24)21-17-11-19(2,3)12-18-16(17)13-20-22(18)14-6-8-15(25-4)9-7-14/h6-9,13,17,21H,5,10-12H2,1-4H3/t17-/m1/s1. The van der Waals surface area contributed by atoms with Crippen molar-refractivity contribution < 1.29 is 13.2 Å². The molecule has 2 aromatic rings. The lowest BCUT2D eigenvalue weighted by molar-refractivity contribution is 0.268. The van der Waals surface area contributed by atoms with Gasteiger partial charge in [0, 0.05) is 11.3 Å². The molecule has 0 spiro atoms. The van der Waals surface area contributed by atoms with Gasteiger partial charge in [-0.2, -0.15) is 5.10 Å². The fourth-order valence-electron chi connectivity index (χ4n) is 3.64. The van der Waals surface area contributed by atoms with E-state index in [1.54, 1.807) is 13.3 Å². The van der Waals surface area contributed by atoms with Gasteiger partial charge in [0.05, 0.1) is 30.8 Å². The topological polar surface area (TPSA) is 73.2 Å². The molecule has 1 aromatic carbocycles. The second-order valence-electron chi connectivity index (χ2n) is 7.69. The van der Waals surface area contributed by atoms with Gasteiger partial charge in [-0.25, -0.2) is 17.8 Å². The molecule has 1 aliphatic rings. The highest BCUT2D eigenvalue weighted by atomic mass is 32.2. The maximum absolute atomic E-state index is 12.3. The van der Waals surface area contributed by atoms with Crippen molar-refractivity contribution in [2.75, 3.05) is 12.9 Å². The first kappa shape index (κ1) is 18.9. The SMILES string of the molecule is CCCS(=O)(=O)N[C@@H]1CC(C)(C)Cc2c1cnn2-c1ccc(OC)cc1. The lowest BCUT2D eigenvalue weighted by Gasteiger charge is -2.35. The van der Waals surface area contributed by atoms with Crippen LogP contribution in [0.5, 0.6) is 5.75 Å². The number of hydrogen-bond donors (Lipinski definition) is 1. The number of aromatic nitrogens is 2. The molecule has 0 bridgehead atoms. The van der Waals surface area contributed by atoms with E-state index in [1.807, 2.05) is 35.9 Å². The van der Waals surface area contributed by atoms with Gasteiger partial charge in [-0.15, -0.1) is 0 Å². The number of ether oxygens (including phenoxy) is 1. The first-order valence-corrected chi connectivity index (χ1v) is 10.6. The van der Waals surface area contributed by atoms with Gasteiger partial charge in [0.15, 0.2) is 0 Å². The van der Waals surface area contributed by atoms with Crippen LogP contribution in [0.2, 0.25) is 0 Å². The molecule has 1 N–H and O–H groups in total. The molecule has 6 nitrogen and oxygen atoms in total. The first-order valence-electron chi connectivity index (χ1n) is 8.96. The predicted molar refractivity (Wildman–Crippen MR) is 102 cm³/mol. The van der Waals surface area contributed by atoms with E-state index in [1.165, 1.54) is 0 Å². The average Bonchev–Trinajstić information content (AvgIpc) is 2.97. The summed E-state index contributed by atoms with van der Waals surface area (Å²) in [4.78, 5) is 0. The molecular weight excluding hydrogens is 350 g/mol. The number of nitrogens with one attached hydrogen (secondary N) is 1. The molecule has 0 amide bonds. The van der Waals surface area contributed by atoms with Crippen LogP contribution in [0.1, 0.15) is 50.9 Å². The minimum absolute atomic E-state index is 0.0172. The predicted octanol–water partition coefficient (Wildman–Crippen LogP) is 3.22. The molecule has 0 saturated carbocycles. The molecule has 1 aliphatic carbocycles. The summed E-state index contributed by atoms with van der Waals surface area (Å²) in [5.41, 5.74) is 2.96. The van der Waals surface area contributed by atoms with Gasteiger partial charge in [0.1, 0.15) is 5.75 Å². The van der Waals surface area contributed by atoms with Crippen LogP contribution in [0, 0.1) is 5.41 Å². The summed E-state index contributed by atoms with van der Waals surface area (Å²) in [6.07, 6.45) is 4.01. The molecule has 1 heterocycles. The molecule has 0 fully saturated rings. The van der Waals surface area contributed by atoms with E-state index >= 15 is 0 Å². The monoisotopic (exact) mass is 377 g/mol. The summed E-state index contributed by atoms with van der Waals surface area (Å²) < 4.78 is 34.7. The van der Waals surface area contributed by atoms with Crippen LogP contribution >= 0.6 is 0 Å². The highest BCUT2D eigenvalue weighted by molar-refractivity contribution is 7.89. The van der Waals surface area contributed by atoms with Crippen LogP contribution in [-0.4, -0.2) is 31.1 Å². The normalized spacial score (nSPS) is 19.2. The van der Waals surface area contributed by atoms with Crippen LogP contribution in [0.15, 0.2) is 30.5 Å². The van der Waals surface area contributed by atoms with E-state index < -0.39 is 10.0 Å². The lowest BCUT2D eigenvalue weighted by Crippen LogP contribution is -2.37. The van der Waals surface area contributed by atoms with Gasteiger partial charge in [-0.05, 0) is 48.9 Å². The lowest BCUT2D eigenvalue weighted by atomic mass is 9.74. The maximum Gasteiger partial charge on any atom is 0.212 e. The van der Waals surface area contributed by atoms with Crippen LogP contribution in [0.4, 0.5) is 0 Å². The Labute approximate surface area is 155 Å². The van der Waals surface area contributed by atoms with Gasteiger partial charge in [0.2, 0.25) is 10.0 Å². The van der Waals surface area contributed by atoms with Crippen molar-refractivity contribution in [3.05, 3.63) is 41.7 Å². The van der Waals surface area contributed by atoms with E-state index in [0.29, 0.717) is 6.42 Å². The van der Waals surface area contributed by atoms with Crippen LogP contribution in [0.25, 0.3) is 5.69 Å². The average molecular weight is 378 g/mol. The Kier molecular flexibility index (Phi) is 5.12. The van der Waals surface area contributed by atoms with Gasteiger partial charge in [-0.3, -0.25) is 0 Å². The van der Waals surface area contributed by atoms with E-state index in [4.69, 9.17) is 4.74 Å². The molecular formula is C19H27N3O3S. The van der Waals surface area contributed by atoms with Crippen molar-refractivity contribution in [2.24, 2.45) is 5.41 Å². The summed E-state index contributed by atoms with van der Waals surface area (Å²) in [7, 11) is -1.65. The molecule has 0 saturated heterocycles. The van der Waals surface area contributed by atoms with E-state index in [2.05, 4.69) is 23.7 Å². The number of fused-ring (bicyclic) bond motifs is 1. The van der Waals surface area contributed by atoms with Crippen molar-refractivity contribution in [2.45, 2.75) is 46.1 Å². The fraction of sp³-hybridized carbons (Fsp3) is 0.526. The van der Waals surface area contributed by atoms with E-state index in [9.17, 15) is 8.42 Å². The summed E-state index contributed by atoms with van der Waals surface area (Å²) >= 11 is 0. The largest absolute Gasteiger partial charge is 0.497 e. The summed E-state index contributed by atoms with van der Waals surface area (Å²) in [5.74, 6) is 0.937. The second kappa shape index (κ2) is 7.04. The summed E-state index contributed by atoms with van der Waals surface area (Å²) in [5, 5.41) is 4.56. The maximum atomic E-state index is 12.3. The van der Waals surface area contributed by atoms with Crippen molar-refractivity contribution in [1.29, 1.82) is 0 Å². The zero-order valence-corrected chi connectivity index (χ0v) is 16.6. The smallest absolute Gasteiger partial charge is 0.212 e. The minimum atomic E-state index is -3.29. The van der Waals surface area contributed by atoms with Crippen LogP contribution in [0.3, 0.4) is 0 Å². The second-order valence-corrected chi connectivity index (χ2v) is 9.56. The van der Waals surface area contributed by atoms with Gasteiger partial charge in [-0.1, -0.05) is 20.8 Å². The van der Waals surface area contributed by atoms with Crippen molar-refractivity contribution in [3.63, 3.8) is 0 Å². The third-order valence-corrected chi connectivity index (χ3v) is 6.38. The Morgan fingerprint density at radius 1 is 1.31 bits per heavy atom. The molecule has 26 heavy (non-hydrogen) atoms. The first-order chi connectivity index (χ1) is 12.2. The number of rotatable bonds is 6.